The van der Waals surface area contributed by atoms with Crippen LogP contribution in [0.25, 0.3) is 0 Å². The largest absolute Gasteiger partial charge is 0.497 e. The first kappa shape index (κ1) is 9.04. The summed E-state index contributed by atoms with van der Waals surface area (Å²) in [5.74, 6) is 1.85. The molecule has 3 heteroatoms. The molecule has 0 aromatic heterocycles. The van der Waals surface area contributed by atoms with E-state index in [1.807, 2.05) is 12.1 Å². The van der Waals surface area contributed by atoms with E-state index in [-0.39, 0.29) is 0 Å². The van der Waals surface area contributed by atoms with Crippen molar-refractivity contribution in [3.63, 3.8) is 0 Å². The van der Waals surface area contributed by atoms with Crippen LogP contribution in [0, 0.1) is 0 Å². The summed E-state index contributed by atoms with van der Waals surface area (Å²) in [7, 11) is 1.68. The number of nitrogens with one attached hydrogen (secondary N) is 1. The molecule has 0 unspecified atom stereocenters. The molecule has 1 aromatic carbocycles. The number of benzene rings is 1. The van der Waals surface area contributed by atoms with E-state index in [0.29, 0.717) is 12.1 Å². The smallest absolute Gasteiger partial charge is 0.128 e. The first-order chi connectivity index (χ1) is 7.38. The van der Waals surface area contributed by atoms with Gasteiger partial charge in [-0.05, 0) is 31.5 Å². The van der Waals surface area contributed by atoms with Crippen LogP contribution in [-0.2, 0) is 0 Å². The topological polar surface area (TPSA) is 30.5 Å². The normalized spacial score (nSPS) is 27.8. The van der Waals surface area contributed by atoms with Gasteiger partial charge in [-0.25, -0.2) is 0 Å². The second-order valence-corrected chi connectivity index (χ2v) is 4.13. The van der Waals surface area contributed by atoms with Crippen molar-refractivity contribution in [3.05, 3.63) is 23.8 Å². The molecule has 2 atom stereocenters. The Labute approximate surface area is 89.4 Å². The van der Waals surface area contributed by atoms with Crippen molar-refractivity contribution in [2.24, 2.45) is 0 Å². The molecule has 1 N–H and O–H groups in total. The Kier molecular flexibility index (Phi) is 2.06. The zero-order chi connectivity index (χ0) is 10.3. The van der Waals surface area contributed by atoms with E-state index >= 15 is 0 Å². The molecule has 3 rings (SSSR count). The Morgan fingerprint density at radius 3 is 3.27 bits per heavy atom. The van der Waals surface area contributed by atoms with E-state index in [0.717, 1.165) is 24.5 Å². The maximum absolute atomic E-state index is 5.91. The fourth-order valence-electron chi connectivity index (χ4n) is 2.46. The summed E-state index contributed by atoms with van der Waals surface area (Å²) in [6.45, 7) is 1.09. The van der Waals surface area contributed by atoms with Gasteiger partial charge in [0.15, 0.2) is 0 Å². The summed E-state index contributed by atoms with van der Waals surface area (Å²) >= 11 is 0. The molecule has 2 aliphatic rings. The molecule has 0 bridgehead atoms. The number of rotatable bonds is 1. The molecule has 1 fully saturated rings. The van der Waals surface area contributed by atoms with Crippen LogP contribution in [0.3, 0.4) is 0 Å². The van der Waals surface area contributed by atoms with Crippen molar-refractivity contribution < 1.29 is 9.47 Å². The van der Waals surface area contributed by atoms with Gasteiger partial charge in [0.1, 0.15) is 17.6 Å². The van der Waals surface area contributed by atoms with E-state index < -0.39 is 0 Å². The molecule has 3 nitrogen and oxygen atoms in total. The number of hydrogen-bond donors (Lipinski definition) is 1. The van der Waals surface area contributed by atoms with Gasteiger partial charge in [0.05, 0.1) is 13.2 Å². The van der Waals surface area contributed by atoms with Gasteiger partial charge in [-0.2, -0.15) is 0 Å². The molecule has 80 valence electrons. The zero-order valence-electron chi connectivity index (χ0n) is 8.82. The highest BCUT2D eigenvalue weighted by molar-refractivity contribution is 5.46. The Morgan fingerprint density at radius 2 is 2.40 bits per heavy atom. The van der Waals surface area contributed by atoms with Crippen molar-refractivity contribution in [2.45, 2.75) is 25.0 Å². The lowest BCUT2D eigenvalue weighted by Crippen LogP contribution is -2.36. The van der Waals surface area contributed by atoms with Crippen molar-refractivity contribution in [1.82, 2.24) is 5.32 Å². The third-order valence-electron chi connectivity index (χ3n) is 3.24. The molecule has 15 heavy (non-hydrogen) atoms. The minimum Gasteiger partial charge on any atom is -0.497 e. The van der Waals surface area contributed by atoms with Crippen LogP contribution >= 0.6 is 0 Å². The lowest BCUT2D eigenvalue weighted by atomic mass is 9.97. The number of methoxy groups -OCH3 is 1. The molecular formula is C12H15NO2. The number of hydrogen-bond acceptors (Lipinski definition) is 3. The summed E-state index contributed by atoms with van der Waals surface area (Å²) in [6, 6.07) is 6.48. The molecule has 2 heterocycles. The average Bonchev–Trinajstić information content (AvgIpc) is 2.66. The third-order valence-corrected chi connectivity index (χ3v) is 3.24. The van der Waals surface area contributed by atoms with Crippen LogP contribution in [0.2, 0.25) is 0 Å². The highest BCUT2D eigenvalue weighted by Gasteiger charge is 2.35. The second kappa shape index (κ2) is 3.42. The van der Waals surface area contributed by atoms with E-state index in [2.05, 4.69) is 11.4 Å². The predicted molar refractivity (Wildman–Crippen MR) is 57.4 cm³/mol. The Hall–Kier alpha value is -1.22. The highest BCUT2D eigenvalue weighted by Crippen LogP contribution is 2.41. The summed E-state index contributed by atoms with van der Waals surface area (Å²) in [6.07, 6.45) is 2.67. The number of piperidine rings is 1. The summed E-state index contributed by atoms with van der Waals surface area (Å²) in [4.78, 5) is 0. The van der Waals surface area contributed by atoms with Gasteiger partial charge in [0.2, 0.25) is 0 Å². The summed E-state index contributed by atoms with van der Waals surface area (Å²) in [5, 5.41) is 3.51. The van der Waals surface area contributed by atoms with Crippen LogP contribution in [0.4, 0.5) is 0 Å². The Morgan fingerprint density at radius 1 is 1.47 bits per heavy atom. The lowest BCUT2D eigenvalue weighted by molar-refractivity contribution is 0.154. The molecular weight excluding hydrogens is 190 g/mol. The second-order valence-electron chi connectivity index (χ2n) is 4.13. The molecule has 0 aliphatic carbocycles. The first-order valence-electron chi connectivity index (χ1n) is 5.46. The Balaban J connectivity index is 1.96. The van der Waals surface area contributed by atoms with Crippen molar-refractivity contribution in [3.8, 4) is 11.5 Å². The summed E-state index contributed by atoms with van der Waals surface area (Å²) < 4.78 is 11.1. The first-order valence-corrected chi connectivity index (χ1v) is 5.46. The van der Waals surface area contributed by atoms with Gasteiger partial charge in [-0.3, -0.25) is 0 Å². The van der Waals surface area contributed by atoms with Gasteiger partial charge in [0.25, 0.3) is 0 Å². The predicted octanol–water partition coefficient (Wildman–Crippen LogP) is 1.88. The van der Waals surface area contributed by atoms with E-state index in [1.54, 1.807) is 7.11 Å². The van der Waals surface area contributed by atoms with Crippen LogP contribution in [0.1, 0.15) is 24.4 Å². The maximum Gasteiger partial charge on any atom is 0.128 e. The Bertz CT molecular complexity index is 378. The minimum atomic E-state index is 0.320. The molecule has 2 aliphatic heterocycles. The molecule has 0 radical (unpaired) electrons. The van der Waals surface area contributed by atoms with Gasteiger partial charge < -0.3 is 14.8 Å². The fraction of sp³-hybridized carbons (Fsp3) is 0.500. The molecule has 0 saturated carbocycles. The zero-order valence-corrected chi connectivity index (χ0v) is 8.82. The maximum atomic E-state index is 5.91. The molecule has 0 amide bonds. The number of fused-ring (bicyclic) bond motifs is 3. The standard InChI is InChI=1S/C12H15NO2/c1-14-8-4-5-9-11(7-8)15-10-3-2-6-13-12(9)10/h4-5,7,10,12-13H,2-3,6H2,1H3/t10-,12-/m0/s1. The quantitative estimate of drug-likeness (QED) is 0.759. The SMILES string of the molecule is COc1ccc2c(c1)O[C@H]1CCCN[C@@H]21. The third kappa shape index (κ3) is 1.38. The van der Waals surface area contributed by atoms with E-state index in [4.69, 9.17) is 9.47 Å². The van der Waals surface area contributed by atoms with Crippen molar-refractivity contribution in [2.75, 3.05) is 13.7 Å². The summed E-state index contributed by atoms with van der Waals surface area (Å²) in [5.41, 5.74) is 1.28. The van der Waals surface area contributed by atoms with Crippen molar-refractivity contribution in [1.29, 1.82) is 0 Å². The van der Waals surface area contributed by atoms with Gasteiger partial charge in [-0.15, -0.1) is 0 Å². The fourth-order valence-corrected chi connectivity index (χ4v) is 2.46. The monoisotopic (exact) mass is 205 g/mol. The molecule has 1 aromatic rings. The van der Waals surface area contributed by atoms with Gasteiger partial charge >= 0.3 is 0 Å². The van der Waals surface area contributed by atoms with Crippen LogP contribution in [0.5, 0.6) is 11.5 Å². The average molecular weight is 205 g/mol. The van der Waals surface area contributed by atoms with E-state index in [1.165, 1.54) is 12.0 Å². The van der Waals surface area contributed by atoms with Gasteiger partial charge in [-0.1, -0.05) is 0 Å². The molecule has 1 saturated heterocycles. The highest BCUT2D eigenvalue weighted by atomic mass is 16.5. The molecule has 0 spiro atoms. The van der Waals surface area contributed by atoms with E-state index in [9.17, 15) is 0 Å². The number of ether oxygens (including phenoxy) is 2. The van der Waals surface area contributed by atoms with Crippen LogP contribution in [0.15, 0.2) is 18.2 Å². The minimum absolute atomic E-state index is 0.320. The van der Waals surface area contributed by atoms with Gasteiger partial charge in [0, 0.05) is 11.6 Å². The van der Waals surface area contributed by atoms with Crippen molar-refractivity contribution >= 4 is 0 Å². The lowest BCUT2D eigenvalue weighted by Gasteiger charge is -2.25. The van der Waals surface area contributed by atoms with Crippen LogP contribution < -0.4 is 14.8 Å². The van der Waals surface area contributed by atoms with Crippen LogP contribution in [-0.4, -0.2) is 19.8 Å².